The lowest BCUT2D eigenvalue weighted by atomic mass is 10.2. The molecule has 130 valence electrons. The molecule has 0 aliphatic carbocycles. The number of piperazine rings is 1. The maximum atomic E-state index is 5.88. The molecule has 1 aliphatic rings. The van der Waals surface area contributed by atoms with Gasteiger partial charge in [0.25, 0.3) is 0 Å². The van der Waals surface area contributed by atoms with Crippen LogP contribution in [0.3, 0.4) is 0 Å². The third-order valence-electron chi connectivity index (χ3n) is 3.97. The maximum Gasteiger partial charge on any atom is 0.145 e. The van der Waals surface area contributed by atoms with Crippen molar-refractivity contribution in [1.29, 1.82) is 0 Å². The Morgan fingerprint density at radius 3 is 2.48 bits per heavy atom. The Hall–Kier alpha value is -1.50. The van der Waals surface area contributed by atoms with Crippen LogP contribution in [-0.4, -0.2) is 71.1 Å². The van der Waals surface area contributed by atoms with Crippen LogP contribution in [0, 0.1) is 0 Å². The molecule has 6 heteroatoms. The fourth-order valence-corrected chi connectivity index (χ4v) is 2.83. The third kappa shape index (κ3) is 5.27. The van der Waals surface area contributed by atoms with Crippen LogP contribution in [0.4, 0.5) is 5.69 Å². The largest absolute Gasteiger partial charge is 0.494 e. The summed E-state index contributed by atoms with van der Waals surface area (Å²) in [7, 11) is 3.36. The minimum absolute atomic E-state index is 0.222. The second-order valence-electron chi connectivity index (χ2n) is 5.94. The topological polar surface area (TPSA) is 60.2 Å². The molecule has 1 aromatic carbocycles. The molecule has 0 radical (unpaired) electrons. The average Bonchev–Trinajstić information content (AvgIpc) is 2.55. The lowest BCUT2D eigenvalue weighted by molar-refractivity contribution is 0.146. The molecular formula is C17H29N3O3. The molecule has 1 aliphatic heterocycles. The molecule has 2 N–H and O–H groups in total. The van der Waals surface area contributed by atoms with Gasteiger partial charge in [0.05, 0.1) is 19.4 Å². The van der Waals surface area contributed by atoms with Crippen molar-refractivity contribution in [2.45, 2.75) is 13.0 Å². The van der Waals surface area contributed by atoms with Crippen molar-refractivity contribution < 1.29 is 14.2 Å². The van der Waals surface area contributed by atoms with E-state index in [1.807, 2.05) is 12.1 Å². The van der Waals surface area contributed by atoms with Gasteiger partial charge in [-0.05, 0) is 19.1 Å². The molecule has 0 bridgehead atoms. The molecule has 2 rings (SSSR count). The summed E-state index contributed by atoms with van der Waals surface area (Å²) in [4.78, 5) is 4.77. The Balaban J connectivity index is 1.97. The van der Waals surface area contributed by atoms with Crippen molar-refractivity contribution in [1.82, 2.24) is 4.90 Å². The van der Waals surface area contributed by atoms with E-state index in [2.05, 4.69) is 22.8 Å². The first-order chi connectivity index (χ1) is 11.1. The molecular weight excluding hydrogens is 294 g/mol. The van der Waals surface area contributed by atoms with Crippen LogP contribution in [0.1, 0.15) is 6.92 Å². The molecule has 23 heavy (non-hydrogen) atoms. The number of hydrogen-bond acceptors (Lipinski definition) is 6. The van der Waals surface area contributed by atoms with E-state index in [9.17, 15) is 0 Å². The Kier molecular flexibility index (Phi) is 6.95. The molecule has 0 saturated carbocycles. The zero-order valence-electron chi connectivity index (χ0n) is 14.5. The molecule has 1 aromatic rings. The number of anilines is 1. The van der Waals surface area contributed by atoms with Crippen LogP contribution in [0.5, 0.6) is 11.5 Å². The van der Waals surface area contributed by atoms with Gasteiger partial charge in [0.1, 0.15) is 18.1 Å². The van der Waals surface area contributed by atoms with Gasteiger partial charge < -0.3 is 24.8 Å². The van der Waals surface area contributed by atoms with Gasteiger partial charge in [-0.15, -0.1) is 0 Å². The number of rotatable bonds is 8. The van der Waals surface area contributed by atoms with E-state index in [1.54, 1.807) is 14.2 Å². The molecule has 0 aromatic heterocycles. The number of nitrogens with two attached hydrogens (primary N) is 1. The molecule has 0 spiro atoms. The minimum atomic E-state index is 0.222. The van der Waals surface area contributed by atoms with E-state index >= 15 is 0 Å². The maximum absolute atomic E-state index is 5.88. The van der Waals surface area contributed by atoms with E-state index in [0.717, 1.165) is 49.9 Å². The van der Waals surface area contributed by atoms with Crippen molar-refractivity contribution in [3.8, 4) is 11.5 Å². The molecule has 1 heterocycles. The molecule has 0 amide bonds. The highest BCUT2D eigenvalue weighted by molar-refractivity contribution is 5.61. The summed E-state index contributed by atoms with van der Waals surface area (Å²) >= 11 is 0. The fourth-order valence-electron chi connectivity index (χ4n) is 2.83. The lowest BCUT2D eigenvalue weighted by Gasteiger charge is -2.37. The lowest BCUT2D eigenvalue weighted by Crippen LogP contribution is -2.49. The van der Waals surface area contributed by atoms with E-state index in [-0.39, 0.29) is 6.04 Å². The highest BCUT2D eigenvalue weighted by Gasteiger charge is 2.20. The van der Waals surface area contributed by atoms with Crippen molar-refractivity contribution in [3.63, 3.8) is 0 Å². The highest BCUT2D eigenvalue weighted by Crippen LogP contribution is 2.32. The average molecular weight is 323 g/mol. The van der Waals surface area contributed by atoms with Crippen LogP contribution in [0.25, 0.3) is 0 Å². The quantitative estimate of drug-likeness (QED) is 0.725. The van der Waals surface area contributed by atoms with Crippen molar-refractivity contribution in [3.05, 3.63) is 18.2 Å². The number of ether oxygens (including phenoxy) is 3. The number of nitrogens with zero attached hydrogens (tertiary/aromatic N) is 2. The molecule has 1 saturated heterocycles. The molecule has 1 unspecified atom stereocenters. The smallest absolute Gasteiger partial charge is 0.145 e. The molecule has 1 atom stereocenters. The Morgan fingerprint density at radius 2 is 1.87 bits per heavy atom. The van der Waals surface area contributed by atoms with Crippen molar-refractivity contribution in [2.75, 3.05) is 65.1 Å². The Labute approximate surface area is 139 Å². The second-order valence-corrected chi connectivity index (χ2v) is 5.94. The summed E-state index contributed by atoms with van der Waals surface area (Å²) in [5.41, 5.74) is 7.00. The summed E-state index contributed by atoms with van der Waals surface area (Å²) in [6, 6.07) is 6.23. The van der Waals surface area contributed by atoms with Crippen LogP contribution >= 0.6 is 0 Å². The normalized spacial score (nSPS) is 17.1. The van der Waals surface area contributed by atoms with Crippen molar-refractivity contribution >= 4 is 5.69 Å². The van der Waals surface area contributed by atoms with Gasteiger partial charge in [-0.25, -0.2) is 0 Å². The van der Waals surface area contributed by atoms with E-state index in [4.69, 9.17) is 19.9 Å². The first-order valence-electron chi connectivity index (χ1n) is 8.16. The zero-order chi connectivity index (χ0) is 16.7. The first kappa shape index (κ1) is 17.8. The molecule has 6 nitrogen and oxygen atoms in total. The predicted octanol–water partition coefficient (Wildman–Crippen LogP) is 1.19. The summed E-state index contributed by atoms with van der Waals surface area (Å²) in [5.74, 6) is 1.65. The number of hydrogen-bond donors (Lipinski definition) is 1. The monoisotopic (exact) mass is 323 g/mol. The minimum Gasteiger partial charge on any atom is -0.494 e. The highest BCUT2D eigenvalue weighted by atomic mass is 16.5. The standard InChI is InChI=1S/C17H29N3O3/c1-14(18)13-19-6-8-20(9-7-19)16-5-4-15(12-17(16)22-3)23-11-10-21-2/h4-5,12,14H,6-11,13,18H2,1-3H3. The Bertz CT molecular complexity index is 474. The number of benzene rings is 1. The van der Waals surface area contributed by atoms with Crippen molar-refractivity contribution in [2.24, 2.45) is 5.73 Å². The van der Waals surface area contributed by atoms with E-state index in [1.165, 1.54) is 0 Å². The van der Waals surface area contributed by atoms with Gasteiger partial charge in [0.2, 0.25) is 0 Å². The predicted molar refractivity (Wildman–Crippen MR) is 92.7 cm³/mol. The summed E-state index contributed by atoms with van der Waals surface area (Å²) in [5, 5.41) is 0. The van der Waals surface area contributed by atoms with Gasteiger partial charge in [-0.1, -0.05) is 0 Å². The van der Waals surface area contributed by atoms with Gasteiger partial charge in [-0.2, -0.15) is 0 Å². The summed E-state index contributed by atoms with van der Waals surface area (Å²) in [6.45, 7) is 8.13. The summed E-state index contributed by atoms with van der Waals surface area (Å²) < 4.78 is 16.2. The fraction of sp³-hybridized carbons (Fsp3) is 0.647. The number of methoxy groups -OCH3 is 2. The van der Waals surface area contributed by atoms with Crippen LogP contribution in [0.2, 0.25) is 0 Å². The summed E-state index contributed by atoms with van der Waals surface area (Å²) in [6.07, 6.45) is 0. The molecule has 1 fully saturated rings. The van der Waals surface area contributed by atoms with Crippen LogP contribution in [0.15, 0.2) is 18.2 Å². The van der Waals surface area contributed by atoms with Crippen LogP contribution < -0.4 is 20.1 Å². The van der Waals surface area contributed by atoms with Gasteiger partial charge in [-0.3, -0.25) is 4.90 Å². The van der Waals surface area contributed by atoms with E-state index < -0.39 is 0 Å². The Morgan fingerprint density at radius 1 is 1.13 bits per heavy atom. The van der Waals surface area contributed by atoms with Gasteiger partial charge >= 0.3 is 0 Å². The SMILES string of the molecule is COCCOc1ccc(N2CCN(CC(C)N)CC2)c(OC)c1. The van der Waals surface area contributed by atoms with Crippen LogP contribution in [-0.2, 0) is 4.74 Å². The van der Waals surface area contributed by atoms with E-state index in [0.29, 0.717) is 13.2 Å². The second kappa shape index (κ2) is 8.96. The zero-order valence-corrected chi connectivity index (χ0v) is 14.5. The van der Waals surface area contributed by atoms with Gasteiger partial charge in [0.15, 0.2) is 0 Å². The first-order valence-corrected chi connectivity index (χ1v) is 8.16. The van der Waals surface area contributed by atoms with Gasteiger partial charge in [0, 0.05) is 51.9 Å². The third-order valence-corrected chi connectivity index (χ3v) is 3.97.